The van der Waals surface area contributed by atoms with E-state index in [1.54, 1.807) is 13.8 Å². The largest absolute Gasteiger partial charge is 0.805 e. The van der Waals surface area contributed by atoms with E-state index in [-0.39, 0.29) is 21.1 Å². The second kappa shape index (κ2) is 5.11. The average Bonchev–Trinajstić information content (AvgIpc) is 2.42. The Kier molecular flexibility index (Phi) is 3.72. The summed E-state index contributed by atoms with van der Waals surface area (Å²) in [5.41, 5.74) is -2.42. The minimum Gasteiger partial charge on any atom is -0.805 e. The Morgan fingerprint density at radius 2 is 1.82 bits per heavy atom. The summed E-state index contributed by atoms with van der Waals surface area (Å²) in [5, 5.41) is 12.1. The Morgan fingerprint density at radius 3 is 2.32 bits per heavy atom. The van der Waals surface area contributed by atoms with Gasteiger partial charge in [-0.1, -0.05) is 6.92 Å². The Hall–Kier alpha value is -2.38. The maximum atomic E-state index is 13.2. The van der Waals surface area contributed by atoms with Crippen molar-refractivity contribution in [1.29, 1.82) is 0 Å². The molecule has 0 aliphatic heterocycles. The first-order valence-electron chi connectivity index (χ1n) is 6.50. The van der Waals surface area contributed by atoms with Crippen molar-refractivity contribution < 1.29 is 22.4 Å². The molecular formula is C14H13F3N2O3. The number of hydrogen-bond donors (Lipinski definition) is 0. The summed E-state index contributed by atoms with van der Waals surface area (Å²) in [7, 11) is 0. The lowest BCUT2D eigenvalue weighted by atomic mass is 10.1. The Labute approximate surface area is 123 Å². The van der Waals surface area contributed by atoms with Gasteiger partial charge in [-0.15, -0.1) is 0 Å². The van der Waals surface area contributed by atoms with E-state index in [1.807, 2.05) is 0 Å². The number of hydrogen-bond acceptors (Lipinski definition) is 3. The number of aryl methyl sites for hydroxylation is 2. The number of ketones is 1. The molecule has 0 radical (unpaired) electrons. The van der Waals surface area contributed by atoms with Gasteiger partial charge in [0, 0.05) is 17.4 Å². The predicted octanol–water partition coefficient (Wildman–Crippen LogP) is 3.13. The van der Waals surface area contributed by atoms with Crippen molar-refractivity contribution in [2.45, 2.75) is 33.4 Å². The molecule has 2 aromatic rings. The van der Waals surface area contributed by atoms with Crippen LogP contribution in [0.2, 0.25) is 0 Å². The summed E-state index contributed by atoms with van der Waals surface area (Å²) >= 11 is 0. The van der Waals surface area contributed by atoms with E-state index in [1.165, 1.54) is 19.1 Å². The van der Waals surface area contributed by atoms with Crippen LogP contribution in [-0.4, -0.2) is 10.5 Å². The summed E-state index contributed by atoms with van der Waals surface area (Å²) in [6, 6.07) is 2.51. The average molecular weight is 314 g/mol. The number of alkyl halides is 3. The Balaban J connectivity index is 3.11. The maximum absolute atomic E-state index is 13.2. The molecule has 0 bridgehead atoms. The third-order valence-electron chi connectivity index (χ3n) is 3.51. The fraction of sp³-hybridized carbons (Fsp3) is 0.357. The molecule has 2 rings (SSSR count). The van der Waals surface area contributed by atoms with Gasteiger partial charge in [0.05, 0.1) is 4.43 Å². The van der Waals surface area contributed by atoms with Crippen molar-refractivity contribution in [3.05, 3.63) is 44.8 Å². The molecule has 1 heterocycles. The number of carbonyl (C=O) groups is 1. The Bertz CT molecular complexity index is 838. The first kappa shape index (κ1) is 16.0. The van der Waals surface area contributed by atoms with Crippen LogP contribution in [0.25, 0.3) is 11.0 Å². The SMILES string of the molecule is CCC(=O)c1c(C(F)(F)F)n([O-])c2cc(C)c(C)cc2[n+]1=O. The number of rotatable bonds is 2. The molecule has 8 heteroatoms. The topological polar surface area (TPSA) is 68.0 Å². The molecule has 5 nitrogen and oxygen atoms in total. The van der Waals surface area contributed by atoms with Gasteiger partial charge in [0.15, 0.2) is 0 Å². The molecule has 0 atom stereocenters. The van der Waals surface area contributed by atoms with Gasteiger partial charge in [-0.3, -0.25) is 4.79 Å². The monoisotopic (exact) mass is 314 g/mol. The highest BCUT2D eigenvalue weighted by Gasteiger charge is 2.44. The molecular weight excluding hydrogens is 301 g/mol. The van der Waals surface area contributed by atoms with Crippen molar-refractivity contribution in [3.63, 3.8) is 0 Å². The van der Waals surface area contributed by atoms with Crippen LogP contribution in [0.5, 0.6) is 0 Å². The van der Waals surface area contributed by atoms with Crippen LogP contribution in [0, 0.1) is 24.0 Å². The lowest BCUT2D eigenvalue weighted by molar-refractivity contribution is -0.470. The first-order valence-corrected chi connectivity index (χ1v) is 6.50. The van der Waals surface area contributed by atoms with Crippen LogP contribution in [0.15, 0.2) is 12.1 Å². The number of fused-ring (bicyclic) bond motifs is 1. The molecule has 22 heavy (non-hydrogen) atoms. The van der Waals surface area contributed by atoms with E-state index in [0.29, 0.717) is 11.1 Å². The summed E-state index contributed by atoms with van der Waals surface area (Å²) in [4.78, 5) is 24.0. The van der Waals surface area contributed by atoms with Crippen molar-refractivity contribution in [3.8, 4) is 0 Å². The normalized spacial score (nSPS) is 11.9. The highest BCUT2D eigenvalue weighted by Crippen LogP contribution is 2.33. The zero-order chi connectivity index (χ0) is 16.8. The van der Waals surface area contributed by atoms with E-state index in [4.69, 9.17) is 0 Å². The quantitative estimate of drug-likeness (QED) is 0.632. The highest BCUT2D eigenvalue weighted by molar-refractivity contribution is 5.95. The lowest BCUT2D eigenvalue weighted by Gasteiger charge is -2.20. The highest BCUT2D eigenvalue weighted by atomic mass is 19.4. The van der Waals surface area contributed by atoms with Crippen molar-refractivity contribution >= 4 is 16.8 Å². The maximum Gasteiger partial charge on any atom is 0.438 e. The summed E-state index contributed by atoms with van der Waals surface area (Å²) in [6.07, 6.45) is -5.43. The van der Waals surface area contributed by atoms with E-state index in [9.17, 15) is 28.1 Å². The molecule has 0 unspecified atom stereocenters. The molecule has 0 N–H and O–H groups in total. The number of aromatic nitrogens is 2. The van der Waals surface area contributed by atoms with Gasteiger partial charge >= 0.3 is 11.9 Å². The van der Waals surface area contributed by atoms with Crippen LogP contribution in [-0.2, 0) is 6.18 Å². The zero-order valence-corrected chi connectivity index (χ0v) is 12.1. The zero-order valence-electron chi connectivity index (χ0n) is 12.1. The number of Topliss-reactive ketones (excluding diaryl/α,β-unsaturated/α-hetero) is 1. The van der Waals surface area contributed by atoms with E-state index in [0.717, 1.165) is 0 Å². The molecule has 0 saturated carbocycles. The minimum absolute atomic E-state index is 0.0924. The number of nitrogens with zero attached hydrogens (tertiary/aromatic N) is 2. The standard InChI is InChI=1S/C14H13F3N2O3/c1-4-11(20)12-13(14(15,16)17)19(22)10-6-8(3)7(2)5-9(10)18(12)21/h5-6H,4H2,1-3H3. The first-order chi connectivity index (χ1) is 10.1. The molecule has 0 amide bonds. The smallest absolute Gasteiger partial charge is 0.438 e. The number of benzene rings is 1. The van der Waals surface area contributed by atoms with Crippen LogP contribution < -0.4 is 4.43 Å². The van der Waals surface area contributed by atoms with E-state index >= 15 is 0 Å². The molecule has 0 aliphatic rings. The third kappa shape index (κ3) is 2.34. The van der Waals surface area contributed by atoms with Gasteiger partial charge in [-0.2, -0.15) is 13.2 Å². The van der Waals surface area contributed by atoms with Crippen molar-refractivity contribution in [2.75, 3.05) is 0 Å². The van der Waals surface area contributed by atoms with E-state index < -0.39 is 28.9 Å². The molecule has 0 saturated heterocycles. The second-order valence-corrected chi connectivity index (χ2v) is 4.99. The molecule has 0 fully saturated rings. The number of carbonyl (C=O) groups excluding carboxylic acids is 1. The summed E-state index contributed by atoms with van der Waals surface area (Å²) in [5.74, 6) is -1.04. The van der Waals surface area contributed by atoms with Gasteiger partial charge in [0.1, 0.15) is 5.52 Å². The van der Waals surface area contributed by atoms with Gasteiger partial charge in [-0.25, -0.2) is 0 Å². The van der Waals surface area contributed by atoms with Crippen LogP contribution in [0.1, 0.15) is 40.7 Å². The summed E-state index contributed by atoms with van der Waals surface area (Å²) in [6.45, 7) is 4.59. The van der Waals surface area contributed by atoms with Crippen molar-refractivity contribution in [1.82, 2.24) is 4.73 Å². The fourth-order valence-corrected chi connectivity index (χ4v) is 2.21. The van der Waals surface area contributed by atoms with Gasteiger partial charge < -0.3 is 9.94 Å². The van der Waals surface area contributed by atoms with Gasteiger partial charge in [0.2, 0.25) is 11.5 Å². The Morgan fingerprint density at radius 1 is 1.27 bits per heavy atom. The minimum atomic E-state index is -5.11. The van der Waals surface area contributed by atoms with E-state index in [2.05, 4.69) is 0 Å². The second-order valence-electron chi connectivity index (χ2n) is 4.99. The van der Waals surface area contributed by atoms with Crippen molar-refractivity contribution in [2.24, 2.45) is 0 Å². The third-order valence-corrected chi connectivity index (χ3v) is 3.51. The van der Waals surface area contributed by atoms with Crippen LogP contribution >= 0.6 is 0 Å². The molecule has 1 aromatic heterocycles. The number of halogens is 3. The van der Waals surface area contributed by atoms with Crippen LogP contribution in [0.4, 0.5) is 13.2 Å². The van der Waals surface area contributed by atoms with Crippen LogP contribution in [0.3, 0.4) is 0 Å². The molecule has 0 spiro atoms. The fourth-order valence-electron chi connectivity index (χ4n) is 2.21. The lowest BCUT2D eigenvalue weighted by Crippen LogP contribution is -2.34. The van der Waals surface area contributed by atoms with Gasteiger partial charge in [-0.05, 0) is 31.0 Å². The predicted molar refractivity (Wildman–Crippen MR) is 73.2 cm³/mol. The molecule has 118 valence electrons. The molecule has 0 aliphatic carbocycles. The summed E-state index contributed by atoms with van der Waals surface area (Å²) < 4.78 is 39.0. The molecule has 1 aromatic carbocycles. The van der Waals surface area contributed by atoms with Gasteiger partial charge in [0.25, 0.3) is 5.52 Å².